The average Bonchev–Trinajstić information content (AvgIpc) is 2.97. The Labute approximate surface area is 165 Å². The first-order chi connectivity index (χ1) is 13.0. The number of pyridine rings is 1. The number of halogens is 2. The van der Waals surface area contributed by atoms with Gasteiger partial charge in [0, 0.05) is 53.4 Å². The zero-order valence-electron chi connectivity index (χ0n) is 15.0. The van der Waals surface area contributed by atoms with Gasteiger partial charge in [0.2, 0.25) is 5.91 Å². The maximum Gasteiger partial charge on any atom is 0.227 e. The van der Waals surface area contributed by atoms with E-state index in [-0.39, 0.29) is 18.1 Å². The van der Waals surface area contributed by atoms with Crippen LogP contribution in [-0.4, -0.2) is 47.0 Å². The van der Waals surface area contributed by atoms with Crippen molar-refractivity contribution in [1.29, 1.82) is 0 Å². The third kappa shape index (κ3) is 3.69. The van der Waals surface area contributed by atoms with E-state index in [0.29, 0.717) is 13.1 Å². The van der Waals surface area contributed by atoms with Gasteiger partial charge in [-0.05, 0) is 58.7 Å². The molecule has 0 radical (unpaired) electrons. The summed E-state index contributed by atoms with van der Waals surface area (Å²) in [5.74, 6) is 0.714. The highest BCUT2D eigenvalue weighted by molar-refractivity contribution is 9.10. The van der Waals surface area contributed by atoms with Gasteiger partial charge in [-0.3, -0.25) is 4.79 Å². The van der Waals surface area contributed by atoms with Crippen molar-refractivity contribution in [3.8, 4) is 0 Å². The first kappa shape index (κ1) is 18.0. The van der Waals surface area contributed by atoms with E-state index in [9.17, 15) is 9.18 Å². The smallest absolute Gasteiger partial charge is 0.227 e. The fourth-order valence-corrected chi connectivity index (χ4v) is 3.82. The van der Waals surface area contributed by atoms with Crippen molar-refractivity contribution in [1.82, 2.24) is 14.9 Å². The SMILES string of the molecule is Cc1[nH]c2ccc(F)cc2c1CC(=O)N1CCN(c2ccc(Br)cn2)CC1. The van der Waals surface area contributed by atoms with Gasteiger partial charge in [0.25, 0.3) is 0 Å². The van der Waals surface area contributed by atoms with Crippen LogP contribution in [0, 0.1) is 12.7 Å². The number of anilines is 1. The number of benzene rings is 1. The molecule has 1 N–H and O–H groups in total. The molecule has 27 heavy (non-hydrogen) atoms. The number of fused-ring (bicyclic) bond motifs is 1. The highest BCUT2D eigenvalue weighted by Gasteiger charge is 2.23. The minimum absolute atomic E-state index is 0.0756. The third-order valence-corrected chi connectivity index (χ3v) is 5.55. The molecule has 4 rings (SSSR count). The number of aromatic nitrogens is 2. The molecule has 1 aromatic carbocycles. The van der Waals surface area contributed by atoms with Gasteiger partial charge in [0.15, 0.2) is 0 Å². The molecule has 0 bridgehead atoms. The van der Waals surface area contributed by atoms with E-state index < -0.39 is 0 Å². The topological polar surface area (TPSA) is 52.2 Å². The molecule has 0 aliphatic carbocycles. The minimum Gasteiger partial charge on any atom is -0.358 e. The van der Waals surface area contributed by atoms with Gasteiger partial charge >= 0.3 is 0 Å². The van der Waals surface area contributed by atoms with Crippen molar-refractivity contribution in [3.05, 3.63) is 58.1 Å². The molecule has 1 fully saturated rings. The average molecular weight is 431 g/mol. The summed E-state index contributed by atoms with van der Waals surface area (Å²) in [7, 11) is 0. The lowest BCUT2D eigenvalue weighted by molar-refractivity contribution is -0.130. The monoisotopic (exact) mass is 430 g/mol. The van der Waals surface area contributed by atoms with Gasteiger partial charge in [-0.2, -0.15) is 0 Å². The quantitative estimate of drug-likeness (QED) is 0.689. The van der Waals surface area contributed by atoms with E-state index in [1.54, 1.807) is 12.3 Å². The van der Waals surface area contributed by atoms with Crippen LogP contribution in [0.1, 0.15) is 11.3 Å². The van der Waals surface area contributed by atoms with Gasteiger partial charge < -0.3 is 14.8 Å². The maximum absolute atomic E-state index is 13.6. The summed E-state index contributed by atoms with van der Waals surface area (Å²) in [4.78, 5) is 24.5. The second kappa shape index (κ2) is 7.31. The lowest BCUT2D eigenvalue weighted by atomic mass is 10.1. The molecule has 5 nitrogen and oxygen atoms in total. The normalized spacial score (nSPS) is 14.8. The number of carbonyl (C=O) groups is 1. The lowest BCUT2D eigenvalue weighted by Gasteiger charge is -2.35. The number of hydrogen-bond acceptors (Lipinski definition) is 3. The molecule has 0 atom stereocenters. The number of rotatable bonds is 3. The molecule has 140 valence electrons. The number of nitrogens with one attached hydrogen (secondary N) is 1. The van der Waals surface area contributed by atoms with Crippen LogP contribution < -0.4 is 4.90 Å². The fourth-order valence-electron chi connectivity index (χ4n) is 3.59. The van der Waals surface area contributed by atoms with E-state index in [0.717, 1.165) is 45.5 Å². The number of nitrogens with zero attached hydrogens (tertiary/aromatic N) is 3. The predicted molar refractivity (Wildman–Crippen MR) is 107 cm³/mol. The number of hydrogen-bond donors (Lipinski definition) is 1. The molecule has 3 heterocycles. The standard InChI is InChI=1S/C20H20BrFN4O/c1-13-16(17-10-15(22)3-4-18(17)24-13)11-20(27)26-8-6-25(7-9-26)19-5-2-14(21)12-23-19/h2-5,10,12,24H,6-9,11H2,1H3. The number of piperazine rings is 1. The third-order valence-electron chi connectivity index (χ3n) is 5.08. The summed E-state index contributed by atoms with van der Waals surface area (Å²) in [6.07, 6.45) is 2.07. The molecule has 2 aromatic heterocycles. The van der Waals surface area contributed by atoms with Crippen LogP contribution in [0.15, 0.2) is 41.0 Å². The van der Waals surface area contributed by atoms with Gasteiger partial charge in [-0.15, -0.1) is 0 Å². The Bertz CT molecular complexity index is 978. The Balaban J connectivity index is 1.44. The molecule has 1 amide bonds. The molecule has 3 aromatic rings. The molecular weight excluding hydrogens is 411 g/mol. The maximum atomic E-state index is 13.6. The Morgan fingerprint density at radius 3 is 2.70 bits per heavy atom. The zero-order valence-corrected chi connectivity index (χ0v) is 16.6. The molecule has 0 unspecified atom stereocenters. The van der Waals surface area contributed by atoms with Crippen LogP contribution in [0.3, 0.4) is 0 Å². The van der Waals surface area contributed by atoms with Crippen molar-refractivity contribution >= 4 is 38.6 Å². The van der Waals surface area contributed by atoms with Gasteiger partial charge in [-0.25, -0.2) is 9.37 Å². The number of carbonyl (C=O) groups excluding carboxylic acids is 1. The largest absolute Gasteiger partial charge is 0.358 e. The number of H-pyrrole nitrogens is 1. The van der Waals surface area contributed by atoms with Crippen molar-refractivity contribution in [2.75, 3.05) is 31.1 Å². The summed E-state index contributed by atoms with van der Waals surface area (Å²) < 4.78 is 14.6. The number of aromatic amines is 1. The summed E-state index contributed by atoms with van der Waals surface area (Å²) in [5.41, 5.74) is 2.66. The summed E-state index contributed by atoms with van der Waals surface area (Å²) in [6.45, 7) is 4.75. The van der Waals surface area contributed by atoms with Crippen LogP contribution in [-0.2, 0) is 11.2 Å². The van der Waals surface area contributed by atoms with Crippen LogP contribution in [0.4, 0.5) is 10.2 Å². The minimum atomic E-state index is -0.286. The van der Waals surface area contributed by atoms with Crippen LogP contribution in [0.2, 0.25) is 0 Å². The van der Waals surface area contributed by atoms with E-state index in [1.807, 2.05) is 24.0 Å². The fraction of sp³-hybridized carbons (Fsp3) is 0.300. The Hall–Kier alpha value is -2.41. The molecule has 7 heteroatoms. The highest BCUT2D eigenvalue weighted by Crippen LogP contribution is 2.24. The Morgan fingerprint density at radius 2 is 2.00 bits per heavy atom. The second-order valence-corrected chi connectivity index (χ2v) is 7.71. The second-order valence-electron chi connectivity index (χ2n) is 6.80. The zero-order chi connectivity index (χ0) is 19.0. The molecule has 0 saturated carbocycles. The van der Waals surface area contributed by atoms with Crippen LogP contribution in [0.25, 0.3) is 10.9 Å². The molecular formula is C20H20BrFN4O. The van der Waals surface area contributed by atoms with Gasteiger partial charge in [0.05, 0.1) is 6.42 Å². The number of aryl methyl sites for hydroxylation is 1. The first-order valence-electron chi connectivity index (χ1n) is 8.92. The summed E-state index contributed by atoms with van der Waals surface area (Å²) in [5, 5.41) is 0.790. The van der Waals surface area contributed by atoms with Crippen LogP contribution >= 0.6 is 15.9 Å². The molecule has 1 aliphatic rings. The first-order valence-corrected chi connectivity index (χ1v) is 9.71. The highest BCUT2D eigenvalue weighted by atomic mass is 79.9. The van der Waals surface area contributed by atoms with E-state index >= 15 is 0 Å². The Morgan fingerprint density at radius 1 is 1.22 bits per heavy atom. The number of amides is 1. The van der Waals surface area contributed by atoms with Gasteiger partial charge in [0.1, 0.15) is 11.6 Å². The lowest BCUT2D eigenvalue weighted by Crippen LogP contribution is -2.49. The van der Waals surface area contributed by atoms with E-state index in [2.05, 4.69) is 30.8 Å². The Kier molecular flexibility index (Phi) is 4.86. The van der Waals surface area contributed by atoms with E-state index in [4.69, 9.17) is 0 Å². The van der Waals surface area contributed by atoms with Crippen molar-refractivity contribution in [2.45, 2.75) is 13.3 Å². The van der Waals surface area contributed by atoms with Gasteiger partial charge in [-0.1, -0.05) is 0 Å². The summed E-state index contributed by atoms with van der Waals surface area (Å²) >= 11 is 3.39. The van der Waals surface area contributed by atoms with Crippen molar-refractivity contribution < 1.29 is 9.18 Å². The molecule has 1 saturated heterocycles. The molecule has 0 spiro atoms. The van der Waals surface area contributed by atoms with Crippen molar-refractivity contribution in [2.24, 2.45) is 0 Å². The predicted octanol–water partition coefficient (Wildman–Crippen LogP) is 3.66. The molecule has 1 aliphatic heterocycles. The summed E-state index contributed by atoms with van der Waals surface area (Å²) in [6, 6.07) is 8.59. The van der Waals surface area contributed by atoms with E-state index in [1.165, 1.54) is 12.1 Å². The van der Waals surface area contributed by atoms with Crippen LogP contribution in [0.5, 0.6) is 0 Å². The van der Waals surface area contributed by atoms with Crippen molar-refractivity contribution in [3.63, 3.8) is 0 Å².